The van der Waals surface area contributed by atoms with E-state index in [2.05, 4.69) is 14.5 Å². The third-order valence-electron chi connectivity index (χ3n) is 0.897. The van der Waals surface area contributed by atoms with Crippen LogP contribution in [0.5, 0.6) is 5.88 Å². The van der Waals surface area contributed by atoms with Crippen LogP contribution in [0.2, 0.25) is 0 Å². The first kappa shape index (κ1) is 8.26. The van der Waals surface area contributed by atoms with E-state index in [4.69, 9.17) is 9.79 Å². The molecule has 0 amide bonds. The Hall–Kier alpha value is -0.840. The number of rotatable bonds is 2. The highest BCUT2D eigenvalue weighted by atomic mass is 31.2. The number of hydrogen-bond acceptors (Lipinski definition) is 3. The summed E-state index contributed by atoms with van der Waals surface area (Å²) >= 11 is 0. The van der Waals surface area contributed by atoms with E-state index in [1.165, 1.54) is 6.20 Å². The Balaban J connectivity index is 2.73. The van der Waals surface area contributed by atoms with Gasteiger partial charge in [0.05, 0.1) is 6.20 Å². The second-order valence-electron chi connectivity index (χ2n) is 1.91. The fourth-order valence-corrected chi connectivity index (χ4v) is 0.922. The summed E-state index contributed by atoms with van der Waals surface area (Å²) in [6, 6.07) is 0. The largest absolute Gasteiger partial charge is 0.526 e. The summed E-state index contributed by atoms with van der Waals surface area (Å²) in [5.41, 5.74) is 0. The van der Waals surface area contributed by atoms with E-state index in [0.717, 1.165) is 0 Å². The molecule has 1 heterocycles. The number of H-pyrrole nitrogens is 1. The first-order valence-electron chi connectivity index (χ1n) is 2.74. The van der Waals surface area contributed by atoms with Gasteiger partial charge in [0.25, 0.3) is 0 Å². The van der Waals surface area contributed by atoms with Crippen LogP contribution in [0.4, 0.5) is 0 Å². The Kier molecular flexibility index (Phi) is 1.99. The zero-order valence-electron chi connectivity index (χ0n) is 5.68. The zero-order chi connectivity index (χ0) is 8.48. The van der Waals surface area contributed by atoms with Gasteiger partial charge >= 0.3 is 7.82 Å². The molecule has 0 aromatic carbocycles. The van der Waals surface area contributed by atoms with Crippen LogP contribution in [-0.2, 0) is 4.57 Å². The lowest BCUT2D eigenvalue weighted by Crippen LogP contribution is -1.89. The van der Waals surface area contributed by atoms with Crippen molar-refractivity contribution < 1.29 is 18.9 Å². The molecule has 0 fully saturated rings. The van der Waals surface area contributed by atoms with E-state index in [-0.39, 0.29) is 5.88 Å². The maximum atomic E-state index is 10.2. The number of phosphoric ester groups is 1. The van der Waals surface area contributed by atoms with Crippen LogP contribution < -0.4 is 4.52 Å². The quantitative estimate of drug-likeness (QED) is 0.562. The van der Waals surface area contributed by atoms with Crippen LogP contribution in [0.3, 0.4) is 0 Å². The molecule has 7 heteroatoms. The summed E-state index contributed by atoms with van der Waals surface area (Å²) in [6.45, 7) is 1.65. The Morgan fingerprint density at radius 2 is 2.36 bits per heavy atom. The molecule has 0 spiro atoms. The molecule has 11 heavy (non-hydrogen) atoms. The summed E-state index contributed by atoms with van der Waals surface area (Å²) in [5, 5.41) is 0. The summed E-state index contributed by atoms with van der Waals surface area (Å²) in [4.78, 5) is 22.8. The van der Waals surface area contributed by atoms with Crippen molar-refractivity contribution in [3.8, 4) is 5.88 Å². The second-order valence-corrected chi connectivity index (χ2v) is 3.08. The van der Waals surface area contributed by atoms with Gasteiger partial charge in [-0.3, -0.25) is 9.79 Å². The van der Waals surface area contributed by atoms with E-state index in [9.17, 15) is 4.57 Å². The number of phosphoric acid groups is 1. The minimum absolute atomic E-state index is 0.0316. The predicted octanol–water partition coefficient (Wildman–Crippen LogP) is 0.190. The number of nitrogens with one attached hydrogen (secondary N) is 1. The van der Waals surface area contributed by atoms with E-state index in [1.54, 1.807) is 6.92 Å². The lowest BCUT2D eigenvalue weighted by atomic mass is 10.8. The maximum absolute atomic E-state index is 10.2. The number of hydrogen-bond donors (Lipinski definition) is 3. The van der Waals surface area contributed by atoms with E-state index in [0.29, 0.717) is 5.82 Å². The molecule has 0 unspecified atom stereocenters. The molecule has 6 nitrogen and oxygen atoms in total. The molecule has 3 N–H and O–H groups in total. The fourth-order valence-electron chi connectivity index (χ4n) is 0.573. The van der Waals surface area contributed by atoms with Crippen LogP contribution in [0.15, 0.2) is 6.20 Å². The summed E-state index contributed by atoms with van der Waals surface area (Å²) < 4.78 is 14.4. The van der Waals surface area contributed by atoms with Crippen molar-refractivity contribution in [2.75, 3.05) is 0 Å². The third kappa shape index (κ3) is 2.71. The van der Waals surface area contributed by atoms with E-state index >= 15 is 0 Å². The Morgan fingerprint density at radius 3 is 2.73 bits per heavy atom. The molecule has 0 aliphatic heterocycles. The summed E-state index contributed by atoms with van der Waals surface area (Å²) in [6.07, 6.45) is 1.20. The molecule has 0 atom stereocenters. The number of aryl methyl sites for hydroxylation is 1. The highest BCUT2D eigenvalue weighted by molar-refractivity contribution is 7.46. The molecule has 0 saturated carbocycles. The molecule has 0 radical (unpaired) electrons. The number of aromatic nitrogens is 2. The van der Waals surface area contributed by atoms with Crippen molar-refractivity contribution in [1.82, 2.24) is 9.97 Å². The van der Waals surface area contributed by atoms with Crippen LogP contribution in [0.25, 0.3) is 0 Å². The van der Waals surface area contributed by atoms with Gasteiger partial charge in [0.15, 0.2) is 0 Å². The average Bonchev–Trinajstić information content (AvgIpc) is 2.10. The standard InChI is InChI=1S/C4H7N2O4P/c1-3-5-2-4(6-3)10-11(7,8)9/h2H,1H3,(H,5,6)(H2,7,8,9). The monoisotopic (exact) mass is 178 g/mol. The average molecular weight is 178 g/mol. The van der Waals surface area contributed by atoms with Crippen molar-refractivity contribution in [1.29, 1.82) is 0 Å². The van der Waals surface area contributed by atoms with Gasteiger partial charge in [-0.05, 0) is 6.92 Å². The lowest BCUT2D eigenvalue weighted by Gasteiger charge is -2.01. The first-order valence-corrected chi connectivity index (χ1v) is 4.27. The normalized spacial score (nSPS) is 11.5. The third-order valence-corrected chi connectivity index (χ3v) is 1.33. The van der Waals surface area contributed by atoms with Crippen molar-refractivity contribution in [2.45, 2.75) is 6.92 Å². The van der Waals surface area contributed by atoms with Gasteiger partial charge < -0.3 is 9.51 Å². The molecular weight excluding hydrogens is 171 g/mol. The fraction of sp³-hybridized carbons (Fsp3) is 0.250. The molecule has 1 aromatic heterocycles. The van der Waals surface area contributed by atoms with Gasteiger partial charge in [-0.1, -0.05) is 0 Å². The Morgan fingerprint density at radius 1 is 1.73 bits per heavy atom. The molecule has 62 valence electrons. The Labute approximate surface area is 62.5 Å². The number of nitrogens with zero attached hydrogens (tertiary/aromatic N) is 1. The summed E-state index contributed by atoms with van der Waals surface area (Å²) in [7, 11) is -4.45. The van der Waals surface area contributed by atoms with Gasteiger partial charge in [0, 0.05) is 0 Å². The zero-order valence-corrected chi connectivity index (χ0v) is 6.58. The maximum Gasteiger partial charge on any atom is 0.526 e. The Bertz CT molecular complexity index is 290. The van der Waals surface area contributed by atoms with Gasteiger partial charge in [-0.2, -0.15) is 0 Å². The summed E-state index contributed by atoms with van der Waals surface area (Å²) in [5.74, 6) is 0.504. The highest BCUT2D eigenvalue weighted by Crippen LogP contribution is 2.36. The van der Waals surface area contributed by atoms with Crippen LogP contribution >= 0.6 is 7.82 Å². The van der Waals surface area contributed by atoms with Crippen molar-refractivity contribution in [3.05, 3.63) is 12.0 Å². The smallest absolute Gasteiger partial charge is 0.386 e. The van der Waals surface area contributed by atoms with E-state index in [1.807, 2.05) is 0 Å². The minimum Gasteiger partial charge on any atom is -0.386 e. The van der Waals surface area contributed by atoms with Crippen molar-refractivity contribution in [2.24, 2.45) is 0 Å². The van der Waals surface area contributed by atoms with Gasteiger partial charge in [0.2, 0.25) is 5.88 Å². The molecule has 1 rings (SSSR count). The lowest BCUT2D eigenvalue weighted by molar-refractivity contribution is 0.280. The molecule has 0 aliphatic carbocycles. The molecular formula is C4H7N2O4P. The van der Waals surface area contributed by atoms with Crippen LogP contribution in [-0.4, -0.2) is 19.8 Å². The molecule has 1 aromatic rings. The molecule has 0 aliphatic rings. The van der Waals surface area contributed by atoms with E-state index < -0.39 is 7.82 Å². The highest BCUT2D eigenvalue weighted by Gasteiger charge is 2.16. The second kappa shape index (κ2) is 2.65. The predicted molar refractivity (Wildman–Crippen MR) is 36.0 cm³/mol. The van der Waals surface area contributed by atoms with Crippen molar-refractivity contribution >= 4 is 7.82 Å². The van der Waals surface area contributed by atoms with Gasteiger partial charge in [-0.15, -0.1) is 0 Å². The van der Waals surface area contributed by atoms with Crippen LogP contribution in [0, 0.1) is 6.92 Å². The van der Waals surface area contributed by atoms with Gasteiger partial charge in [0.1, 0.15) is 5.82 Å². The SMILES string of the molecule is Cc1ncc(OP(=O)(O)O)[nH]1. The minimum atomic E-state index is -4.45. The number of imidazole rings is 1. The van der Waals surface area contributed by atoms with Crippen molar-refractivity contribution in [3.63, 3.8) is 0 Å². The van der Waals surface area contributed by atoms with Crippen LogP contribution in [0.1, 0.15) is 5.82 Å². The van der Waals surface area contributed by atoms with Gasteiger partial charge in [-0.25, -0.2) is 9.55 Å². The topological polar surface area (TPSA) is 95.4 Å². The molecule has 0 saturated heterocycles. The molecule has 0 bridgehead atoms. The number of aromatic amines is 1. The first-order chi connectivity index (χ1) is 4.97.